The number of amides is 1. The molecule has 0 atom stereocenters. The highest BCUT2D eigenvalue weighted by Crippen LogP contribution is 2.21. The maximum Gasteiger partial charge on any atom is 0.242 e. The maximum absolute atomic E-state index is 12.4. The van der Waals surface area contributed by atoms with Gasteiger partial charge in [0.25, 0.3) is 0 Å². The van der Waals surface area contributed by atoms with Gasteiger partial charge in [-0.25, -0.2) is 0 Å². The first kappa shape index (κ1) is 13.9. The number of likely N-dealkylation sites (tertiary alicyclic amines) is 1. The van der Waals surface area contributed by atoms with Gasteiger partial charge in [0.05, 0.1) is 0 Å². The van der Waals surface area contributed by atoms with E-state index in [1.807, 2.05) is 33.7 Å². The Balaban J connectivity index is 1.81. The molecule has 1 aliphatic heterocycles. The van der Waals surface area contributed by atoms with Crippen LogP contribution in [-0.4, -0.2) is 34.7 Å². The number of piperidine rings is 1. The number of fused-ring (bicyclic) bond motifs is 1. The van der Waals surface area contributed by atoms with E-state index in [4.69, 9.17) is 0 Å². The van der Waals surface area contributed by atoms with Gasteiger partial charge in [0.15, 0.2) is 6.29 Å². The summed E-state index contributed by atoms with van der Waals surface area (Å²) in [5, 5.41) is 0.910. The third-order valence-electron chi connectivity index (χ3n) is 4.39. The second kappa shape index (κ2) is 5.72. The lowest BCUT2D eigenvalue weighted by atomic mass is 9.99. The largest absolute Gasteiger partial charge is 0.341 e. The molecule has 110 valence electrons. The minimum absolute atomic E-state index is 0.139. The predicted molar refractivity (Wildman–Crippen MR) is 82.3 cm³/mol. The van der Waals surface area contributed by atoms with Crippen molar-refractivity contribution in [3.63, 3.8) is 0 Å². The number of nitrogens with zero attached hydrogens (tertiary/aromatic N) is 2. The molecule has 2 aromatic rings. The molecule has 1 aromatic heterocycles. The van der Waals surface area contributed by atoms with E-state index in [1.54, 1.807) is 6.20 Å². The maximum atomic E-state index is 12.4. The highest BCUT2D eigenvalue weighted by molar-refractivity contribution is 5.98. The van der Waals surface area contributed by atoms with Gasteiger partial charge in [-0.3, -0.25) is 9.59 Å². The van der Waals surface area contributed by atoms with E-state index in [1.165, 1.54) is 0 Å². The van der Waals surface area contributed by atoms with Gasteiger partial charge in [0.1, 0.15) is 6.54 Å². The van der Waals surface area contributed by atoms with Crippen molar-refractivity contribution >= 4 is 23.1 Å². The van der Waals surface area contributed by atoms with Crippen LogP contribution in [0.3, 0.4) is 0 Å². The monoisotopic (exact) mass is 284 g/mol. The number of carbonyl (C=O) groups excluding carboxylic acids is 2. The minimum atomic E-state index is 0.139. The van der Waals surface area contributed by atoms with Crippen molar-refractivity contribution in [1.82, 2.24) is 9.47 Å². The van der Waals surface area contributed by atoms with Gasteiger partial charge in [-0.1, -0.05) is 25.1 Å². The summed E-state index contributed by atoms with van der Waals surface area (Å²) in [6, 6.07) is 7.71. The van der Waals surface area contributed by atoms with Gasteiger partial charge in [0.2, 0.25) is 5.91 Å². The molecule has 0 unspecified atom stereocenters. The third-order valence-corrected chi connectivity index (χ3v) is 4.39. The van der Waals surface area contributed by atoms with Crippen LogP contribution in [0.1, 0.15) is 30.1 Å². The van der Waals surface area contributed by atoms with Crippen molar-refractivity contribution in [2.24, 2.45) is 5.92 Å². The van der Waals surface area contributed by atoms with E-state index in [9.17, 15) is 9.59 Å². The molecular formula is C17H20N2O2. The number of hydrogen-bond donors (Lipinski definition) is 0. The Bertz CT molecular complexity index is 666. The summed E-state index contributed by atoms with van der Waals surface area (Å²) in [5.74, 6) is 0.850. The normalized spacial score (nSPS) is 16.3. The fraction of sp³-hybridized carbons (Fsp3) is 0.412. The zero-order valence-electron chi connectivity index (χ0n) is 12.3. The van der Waals surface area contributed by atoms with E-state index in [-0.39, 0.29) is 5.91 Å². The Morgan fingerprint density at radius 2 is 2.00 bits per heavy atom. The minimum Gasteiger partial charge on any atom is -0.341 e. The van der Waals surface area contributed by atoms with Crippen molar-refractivity contribution in [3.05, 3.63) is 36.0 Å². The first-order chi connectivity index (χ1) is 10.2. The van der Waals surface area contributed by atoms with Gasteiger partial charge in [-0.05, 0) is 24.8 Å². The number of rotatable bonds is 3. The molecule has 2 heterocycles. The SMILES string of the molecule is CC1CCN(C(=O)Cn2cc(C=O)c3ccccc32)CC1. The molecule has 1 aliphatic rings. The van der Waals surface area contributed by atoms with E-state index >= 15 is 0 Å². The Kier molecular flexibility index (Phi) is 3.78. The Hall–Kier alpha value is -2.10. The molecule has 4 heteroatoms. The summed E-state index contributed by atoms with van der Waals surface area (Å²) < 4.78 is 1.89. The molecule has 0 radical (unpaired) electrons. The molecule has 1 fully saturated rings. The van der Waals surface area contributed by atoms with Gasteiger partial charge >= 0.3 is 0 Å². The number of hydrogen-bond acceptors (Lipinski definition) is 2. The van der Waals surface area contributed by atoms with Gasteiger partial charge in [-0.15, -0.1) is 0 Å². The number of carbonyl (C=O) groups is 2. The van der Waals surface area contributed by atoms with Crippen LogP contribution in [0.15, 0.2) is 30.5 Å². The second-order valence-electron chi connectivity index (χ2n) is 5.91. The quantitative estimate of drug-likeness (QED) is 0.813. The summed E-state index contributed by atoms with van der Waals surface area (Å²) in [5.41, 5.74) is 1.59. The van der Waals surface area contributed by atoms with Crippen LogP contribution in [0.4, 0.5) is 0 Å². The Morgan fingerprint density at radius 1 is 1.29 bits per heavy atom. The molecule has 0 bridgehead atoms. The van der Waals surface area contributed by atoms with Gasteiger partial charge in [-0.2, -0.15) is 0 Å². The molecule has 1 saturated heterocycles. The fourth-order valence-corrected chi connectivity index (χ4v) is 3.00. The molecule has 1 amide bonds. The first-order valence-corrected chi connectivity index (χ1v) is 7.50. The summed E-state index contributed by atoms with van der Waals surface area (Å²) in [4.78, 5) is 25.5. The predicted octanol–water partition coefficient (Wildman–Crippen LogP) is 2.71. The fourth-order valence-electron chi connectivity index (χ4n) is 3.00. The lowest BCUT2D eigenvalue weighted by Gasteiger charge is -2.30. The Labute approximate surface area is 124 Å². The summed E-state index contributed by atoms with van der Waals surface area (Å²) in [6.45, 7) is 4.24. The smallest absolute Gasteiger partial charge is 0.242 e. The molecule has 4 nitrogen and oxygen atoms in total. The van der Waals surface area contributed by atoms with Gasteiger partial charge in [0, 0.05) is 35.8 Å². The number of aromatic nitrogens is 1. The van der Waals surface area contributed by atoms with Crippen molar-refractivity contribution in [3.8, 4) is 0 Å². The molecule has 3 rings (SSSR count). The summed E-state index contributed by atoms with van der Waals surface area (Å²) >= 11 is 0. The van der Waals surface area contributed by atoms with E-state index < -0.39 is 0 Å². The van der Waals surface area contributed by atoms with E-state index in [0.717, 1.165) is 43.1 Å². The number of benzene rings is 1. The van der Waals surface area contributed by atoms with E-state index in [2.05, 4.69) is 6.92 Å². The average Bonchev–Trinajstić information content (AvgIpc) is 2.86. The lowest BCUT2D eigenvalue weighted by Crippen LogP contribution is -2.39. The molecule has 0 saturated carbocycles. The second-order valence-corrected chi connectivity index (χ2v) is 5.91. The summed E-state index contributed by atoms with van der Waals surface area (Å²) in [6.07, 6.45) is 4.80. The molecular weight excluding hydrogens is 264 g/mol. The average molecular weight is 284 g/mol. The molecule has 0 N–H and O–H groups in total. The zero-order valence-corrected chi connectivity index (χ0v) is 12.3. The van der Waals surface area contributed by atoms with Crippen molar-refractivity contribution < 1.29 is 9.59 Å². The number of aldehydes is 1. The third kappa shape index (κ3) is 2.71. The summed E-state index contributed by atoms with van der Waals surface area (Å²) in [7, 11) is 0. The van der Waals surface area contributed by atoms with Crippen LogP contribution in [0, 0.1) is 5.92 Å². The number of para-hydroxylation sites is 1. The van der Waals surface area contributed by atoms with Crippen molar-refractivity contribution in [1.29, 1.82) is 0 Å². The van der Waals surface area contributed by atoms with Crippen LogP contribution in [0.25, 0.3) is 10.9 Å². The molecule has 1 aromatic carbocycles. The standard InChI is InChI=1S/C17H20N2O2/c1-13-6-8-18(9-7-13)17(21)11-19-10-14(12-20)15-4-2-3-5-16(15)19/h2-5,10,12-13H,6-9,11H2,1H3. The van der Waals surface area contributed by atoms with Gasteiger partial charge < -0.3 is 9.47 Å². The van der Waals surface area contributed by atoms with Crippen molar-refractivity contribution in [2.45, 2.75) is 26.3 Å². The van der Waals surface area contributed by atoms with E-state index in [0.29, 0.717) is 18.0 Å². The topological polar surface area (TPSA) is 42.3 Å². The highest BCUT2D eigenvalue weighted by atomic mass is 16.2. The molecule has 0 spiro atoms. The molecule has 0 aliphatic carbocycles. The lowest BCUT2D eigenvalue weighted by molar-refractivity contribution is -0.133. The Morgan fingerprint density at radius 3 is 2.71 bits per heavy atom. The first-order valence-electron chi connectivity index (χ1n) is 7.50. The van der Waals surface area contributed by atoms with Crippen LogP contribution in [-0.2, 0) is 11.3 Å². The van der Waals surface area contributed by atoms with Crippen LogP contribution >= 0.6 is 0 Å². The van der Waals surface area contributed by atoms with Crippen LogP contribution < -0.4 is 0 Å². The van der Waals surface area contributed by atoms with Crippen molar-refractivity contribution in [2.75, 3.05) is 13.1 Å². The van der Waals surface area contributed by atoms with Crippen LogP contribution in [0.2, 0.25) is 0 Å². The van der Waals surface area contributed by atoms with Crippen LogP contribution in [0.5, 0.6) is 0 Å². The molecule has 21 heavy (non-hydrogen) atoms. The highest BCUT2D eigenvalue weighted by Gasteiger charge is 2.21. The zero-order chi connectivity index (χ0) is 14.8.